The van der Waals surface area contributed by atoms with E-state index in [-0.39, 0.29) is 0 Å². The van der Waals surface area contributed by atoms with Crippen molar-refractivity contribution in [1.82, 2.24) is 14.0 Å². The number of fused-ring (bicyclic) bond motifs is 6. The Hall–Kier alpha value is -5.09. The summed E-state index contributed by atoms with van der Waals surface area (Å²) in [6, 6.07) is 44.4. The van der Waals surface area contributed by atoms with Gasteiger partial charge in [-0.2, -0.15) is 4.98 Å². The molecule has 0 aliphatic rings. The molecular weight excluding hydrogens is 454 g/mol. The predicted molar refractivity (Wildman–Crippen MR) is 150 cm³/mol. The molecule has 0 bridgehead atoms. The Kier molecular flexibility index (Phi) is 4.19. The quantitative estimate of drug-likeness (QED) is 0.257. The van der Waals surface area contributed by atoms with Gasteiger partial charge in [0.25, 0.3) is 0 Å². The number of hydrogen-bond donors (Lipinski definition) is 0. The second-order valence-corrected chi connectivity index (χ2v) is 9.28. The highest BCUT2D eigenvalue weighted by Crippen LogP contribution is 2.37. The molecule has 0 aliphatic carbocycles. The molecule has 8 aromatic rings. The van der Waals surface area contributed by atoms with E-state index in [1.807, 2.05) is 36.4 Å². The van der Waals surface area contributed by atoms with Gasteiger partial charge < -0.3 is 8.98 Å². The van der Waals surface area contributed by atoms with Crippen molar-refractivity contribution in [2.45, 2.75) is 0 Å². The maximum atomic E-state index is 6.14. The molecular formula is C33H21N3O. The van der Waals surface area contributed by atoms with E-state index in [1.165, 1.54) is 21.8 Å². The molecule has 37 heavy (non-hydrogen) atoms. The van der Waals surface area contributed by atoms with Gasteiger partial charge in [0, 0.05) is 27.6 Å². The SMILES string of the molecule is c1ccc(-c2nc3oc4ccccc4n3c2-c2ccc(-n3c4ccccc4c4ccccc43)cc2)cc1. The van der Waals surface area contributed by atoms with Gasteiger partial charge in [-0.3, -0.25) is 4.40 Å². The number of nitrogens with zero attached hydrogens (tertiary/aromatic N) is 3. The van der Waals surface area contributed by atoms with Crippen LogP contribution in [0.1, 0.15) is 0 Å². The molecule has 0 amide bonds. The van der Waals surface area contributed by atoms with Crippen molar-refractivity contribution in [2.24, 2.45) is 0 Å². The molecule has 3 heterocycles. The molecule has 0 saturated carbocycles. The van der Waals surface area contributed by atoms with Crippen molar-refractivity contribution in [1.29, 1.82) is 0 Å². The first-order chi connectivity index (χ1) is 18.4. The van der Waals surface area contributed by atoms with E-state index in [4.69, 9.17) is 9.40 Å². The van der Waals surface area contributed by atoms with Crippen LogP contribution in [-0.4, -0.2) is 14.0 Å². The largest absolute Gasteiger partial charge is 0.423 e. The van der Waals surface area contributed by atoms with Crippen LogP contribution < -0.4 is 0 Å². The zero-order chi connectivity index (χ0) is 24.3. The molecule has 0 N–H and O–H groups in total. The van der Waals surface area contributed by atoms with E-state index in [0.29, 0.717) is 5.84 Å². The summed E-state index contributed by atoms with van der Waals surface area (Å²) >= 11 is 0. The predicted octanol–water partition coefficient (Wildman–Crippen LogP) is 8.51. The number of imidazole rings is 1. The van der Waals surface area contributed by atoms with Crippen molar-refractivity contribution >= 4 is 38.7 Å². The molecule has 0 atom stereocenters. The summed E-state index contributed by atoms with van der Waals surface area (Å²) in [6.45, 7) is 0. The van der Waals surface area contributed by atoms with Gasteiger partial charge in [-0.05, 0) is 36.4 Å². The third kappa shape index (κ3) is 2.93. The highest BCUT2D eigenvalue weighted by atomic mass is 16.4. The smallest absolute Gasteiger partial charge is 0.307 e. The van der Waals surface area contributed by atoms with Crippen molar-refractivity contribution in [3.05, 3.63) is 127 Å². The summed E-state index contributed by atoms with van der Waals surface area (Å²) in [4.78, 5) is 4.94. The van der Waals surface area contributed by atoms with Crippen LogP contribution in [0.25, 0.3) is 67.0 Å². The summed E-state index contributed by atoms with van der Waals surface area (Å²) in [7, 11) is 0. The van der Waals surface area contributed by atoms with E-state index in [0.717, 1.165) is 39.3 Å². The summed E-state index contributed by atoms with van der Waals surface area (Å²) in [5.74, 6) is 0.599. The number of hydrogen-bond acceptors (Lipinski definition) is 2. The summed E-state index contributed by atoms with van der Waals surface area (Å²) in [5, 5.41) is 2.52. The van der Waals surface area contributed by atoms with Gasteiger partial charge in [-0.25, -0.2) is 0 Å². The topological polar surface area (TPSA) is 35.4 Å². The van der Waals surface area contributed by atoms with Crippen LogP contribution >= 0.6 is 0 Å². The zero-order valence-corrected chi connectivity index (χ0v) is 19.9. The van der Waals surface area contributed by atoms with E-state index in [2.05, 4.69) is 100.0 Å². The van der Waals surface area contributed by atoms with Crippen molar-refractivity contribution in [3.63, 3.8) is 0 Å². The molecule has 4 heteroatoms. The van der Waals surface area contributed by atoms with Gasteiger partial charge in [0.2, 0.25) is 0 Å². The summed E-state index contributed by atoms with van der Waals surface area (Å²) < 4.78 is 10.6. The molecule has 0 unspecified atom stereocenters. The fourth-order valence-corrected chi connectivity index (χ4v) is 5.55. The Bertz CT molecular complexity index is 2020. The maximum absolute atomic E-state index is 6.14. The Morgan fingerprint density at radius 3 is 1.81 bits per heavy atom. The second-order valence-electron chi connectivity index (χ2n) is 9.28. The van der Waals surface area contributed by atoms with E-state index < -0.39 is 0 Å². The van der Waals surface area contributed by atoms with Crippen LogP contribution in [0.3, 0.4) is 0 Å². The molecule has 4 nitrogen and oxygen atoms in total. The highest BCUT2D eigenvalue weighted by Gasteiger charge is 2.21. The third-order valence-corrected chi connectivity index (χ3v) is 7.18. The first kappa shape index (κ1) is 20.1. The van der Waals surface area contributed by atoms with Crippen molar-refractivity contribution < 1.29 is 4.42 Å². The van der Waals surface area contributed by atoms with Gasteiger partial charge in [0.15, 0.2) is 5.58 Å². The van der Waals surface area contributed by atoms with Crippen LogP contribution in [0.2, 0.25) is 0 Å². The van der Waals surface area contributed by atoms with E-state index in [9.17, 15) is 0 Å². The Morgan fingerprint density at radius 2 is 1.11 bits per heavy atom. The average molecular weight is 476 g/mol. The Morgan fingerprint density at radius 1 is 0.514 bits per heavy atom. The summed E-state index contributed by atoms with van der Waals surface area (Å²) in [6.07, 6.45) is 0. The normalized spacial score (nSPS) is 11.8. The Labute approximate surface area is 212 Å². The number of oxazole rings is 1. The molecule has 0 aliphatic heterocycles. The maximum Gasteiger partial charge on any atom is 0.307 e. The van der Waals surface area contributed by atoms with Crippen LogP contribution in [-0.2, 0) is 0 Å². The van der Waals surface area contributed by atoms with Crippen molar-refractivity contribution in [3.8, 4) is 28.2 Å². The lowest BCUT2D eigenvalue weighted by molar-refractivity contribution is 0.642. The fraction of sp³-hybridized carbons (Fsp3) is 0. The molecule has 0 spiro atoms. The Balaban J connectivity index is 1.37. The minimum atomic E-state index is 0.599. The molecule has 0 radical (unpaired) electrons. The van der Waals surface area contributed by atoms with Gasteiger partial charge >= 0.3 is 5.84 Å². The lowest BCUT2D eigenvalue weighted by atomic mass is 10.0. The number of rotatable bonds is 3. The molecule has 0 fully saturated rings. The number of para-hydroxylation sites is 4. The molecule has 0 saturated heterocycles. The minimum absolute atomic E-state index is 0.599. The second kappa shape index (κ2) is 7.70. The molecule has 174 valence electrons. The highest BCUT2D eigenvalue weighted by molar-refractivity contribution is 6.09. The standard InChI is InChI=1S/C33H21N3O/c1-2-10-22(11-3-1)31-32(36-29-16-8-9-17-30(29)37-33(36)34-31)23-18-20-24(21-19-23)35-27-14-6-4-12-25(27)26-13-5-7-15-28(26)35/h1-21H. The monoisotopic (exact) mass is 475 g/mol. The molecule has 8 rings (SSSR count). The fourth-order valence-electron chi connectivity index (χ4n) is 5.55. The first-order valence-electron chi connectivity index (χ1n) is 12.4. The lowest BCUT2D eigenvalue weighted by Crippen LogP contribution is -1.94. The van der Waals surface area contributed by atoms with Crippen molar-refractivity contribution in [2.75, 3.05) is 0 Å². The van der Waals surface area contributed by atoms with Gasteiger partial charge in [0.1, 0.15) is 5.69 Å². The van der Waals surface area contributed by atoms with Crippen LogP contribution in [0.15, 0.2) is 132 Å². The number of aromatic nitrogens is 3. The molecule has 5 aromatic carbocycles. The third-order valence-electron chi connectivity index (χ3n) is 7.18. The van der Waals surface area contributed by atoms with Crippen LogP contribution in [0.4, 0.5) is 0 Å². The zero-order valence-electron chi connectivity index (χ0n) is 19.9. The first-order valence-corrected chi connectivity index (χ1v) is 12.4. The molecule has 3 aromatic heterocycles. The van der Waals surface area contributed by atoms with E-state index in [1.54, 1.807) is 0 Å². The van der Waals surface area contributed by atoms with Gasteiger partial charge in [-0.15, -0.1) is 0 Å². The van der Waals surface area contributed by atoms with Gasteiger partial charge in [-0.1, -0.05) is 91.0 Å². The number of benzene rings is 5. The van der Waals surface area contributed by atoms with Crippen LogP contribution in [0.5, 0.6) is 0 Å². The van der Waals surface area contributed by atoms with Crippen LogP contribution in [0, 0.1) is 0 Å². The average Bonchev–Trinajstić information content (AvgIpc) is 3.62. The van der Waals surface area contributed by atoms with E-state index >= 15 is 0 Å². The lowest BCUT2D eigenvalue weighted by Gasteiger charge is -2.10. The minimum Gasteiger partial charge on any atom is -0.423 e. The van der Waals surface area contributed by atoms with Gasteiger partial charge in [0.05, 0.1) is 22.2 Å². The summed E-state index contributed by atoms with van der Waals surface area (Å²) in [5.41, 5.74) is 9.45.